The van der Waals surface area contributed by atoms with Crippen molar-refractivity contribution >= 4 is 0 Å². The van der Waals surface area contributed by atoms with Gasteiger partial charge in [0.25, 0.3) is 6.48 Å². The zero-order valence-corrected chi connectivity index (χ0v) is 6.41. The second kappa shape index (κ2) is 5.14. The predicted octanol–water partition coefficient (Wildman–Crippen LogP) is 0.747. The number of terminal acetylenes is 1. The van der Waals surface area contributed by atoms with Gasteiger partial charge in [-0.2, -0.15) is 0 Å². The van der Waals surface area contributed by atoms with Crippen LogP contribution in [0.1, 0.15) is 12.8 Å². The van der Waals surface area contributed by atoms with E-state index in [0.717, 1.165) is 6.42 Å². The molecule has 0 unspecified atom stereocenters. The van der Waals surface area contributed by atoms with Crippen LogP contribution in [0.25, 0.3) is 0 Å². The second-order valence-electron chi connectivity index (χ2n) is 2.21. The van der Waals surface area contributed by atoms with Crippen LogP contribution in [0.3, 0.4) is 0 Å². The van der Waals surface area contributed by atoms with Crippen molar-refractivity contribution in [2.45, 2.75) is 19.3 Å². The van der Waals surface area contributed by atoms with Gasteiger partial charge in [-0.1, -0.05) is 0 Å². The van der Waals surface area contributed by atoms with E-state index in [1.165, 1.54) is 0 Å². The van der Waals surface area contributed by atoms with Gasteiger partial charge >= 0.3 is 0 Å². The zero-order chi connectivity index (χ0) is 7.94. The highest BCUT2D eigenvalue weighted by Crippen LogP contribution is 2.05. The number of hydrogen-bond donors (Lipinski definition) is 0. The maximum absolute atomic E-state index is 5.14. The van der Waals surface area contributed by atoms with Crippen molar-refractivity contribution in [3.05, 3.63) is 0 Å². The van der Waals surface area contributed by atoms with E-state index in [-0.39, 0.29) is 0 Å². The average molecular weight is 156 g/mol. The van der Waals surface area contributed by atoms with E-state index in [1.807, 2.05) is 0 Å². The van der Waals surface area contributed by atoms with Crippen LogP contribution >= 0.6 is 0 Å². The van der Waals surface area contributed by atoms with Crippen molar-refractivity contribution in [3.8, 4) is 12.3 Å². The lowest BCUT2D eigenvalue weighted by molar-refractivity contribution is -0.309. The quantitative estimate of drug-likeness (QED) is 0.445. The Hall–Kier alpha value is -0.560. The number of ether oxygens (including phenoxy) is 3. The van der Waals surface area contributed by atoms with Crippen LogP contribution in [-0.4, -0.2) is 26.3 Å². The van der Waals surface area contributed by atoms with Gasteiger partial charge in [-0.15, -0.1) is 12.3 Å². The Labute approximate surface area is 66.6 Å². The van der Waals surface area contributed by atoms with Crippen molar-refractivity contribution in [2.75, 3.05) is 19.8 Å². The highest BCUT2D eigenvalue weighted by Gasteiger charge is 2.13. The normalized spacial score (nSPS) is 19.5. The van der Waals surface area contributed by atoms with Gasteiger partial charge < -0.3 is 14.2 Å². The minimum absolute atomic E-state index is 0.489. The Morgan fingerprint density at radius 1 is 1.45 bits per heavy atom. The molecule has 0 aromatic heterocycles. The highest BCUT2D eigenvalue weighted by atomic mass is 16.8. The van der Waals surface area contributed by atoms with E-state index in [4.69, 9.17) is 20.6 Å². The maximum atomic E-state index is 5.14. The molecule has 1 fully saturated rings. The summed E-state index contributed by atoms with van der Waals surface area (Å²) in [5.74, 6) is 2.47. The molecule has 0 spiro atoms. The Bertz CT molecular complexity index is 133. The van der Waals surface area contributed by atoms with Crippen molar-refractivity contribution in [1.82, 2.24) is 0 Å². The molecule has 0 aromatic rings. The molecule has 0 aliphatic carbocycles. The number of hydrogen-bond acceptors (Lipinski definition) is 3. The van der Waals surface area contributed by atoms with Gasteiger partial charge in [0, 0.05) is 6.42 Å². The van der Waals surface area contributed by atoms with Crippen LogP contribution in [0.15, 0.2) is 0 Å². The smallest absolute Gasteiger partial charge is 0.271 e. The first kappa shape index (κ1) is 8.54. The summed E-state index contributed by atoms with van der Waals surface area (Å²) < 4.78 is 15.4. The molecule has 0 aromatic carbocycles. The van der Waals surface area contributed by atoms with Crippen LogP contribution < -0.4 is 0 Å². The van der Waals surface area contributed by atoms with E-state index in [2.05, 4.69) is 5.92 Å². The Kier molecular flexibility index (Phi) is 3.99. The highest BCUT2D eigenvalue weighted by molar-refractivity contribution is 4.82. The lowest BCUT2D eigenvalue weighted by Gasteiger charge is -2.22. The first-order chi connectivity index (χ1) is 5.43. The molecule has 0 N–H and O–H groups in total. The van der Waals surface area contributed by atoms with Crippen LogP contribution in [-0.2, 0) is 14.2 Å². The molecular weight excluding hydrogens is 144 g/mol. The van der Waals surface area contributed by atoms with E-state index in [1.54, 1.807) is 0 Å². The standard InChI is InChI=1S/C8H12O3/c1-2-3-5-9-8-10-6-4-7-11-8/h1,8H,3-7H2. The third kappa shape index (κ3) is 3.38. The summed E-state index contributed by atoms with van der Waals surface area (Å²) in [6.45, 7) is 1.43. The first-order valence-corrected chi connectivity index (χ1v) is 3.72. The third-order valence-corrected chi connectivity index (χ3v) is 1.30. The lowest BCUT2D eigenvalue weighted by atomic mass is 10.5. The monoisotopic (exact) mass is 156 g/mol. The fraction of sp³-hybridized carbons (Fsp3) is 0.750. The van der Waals surface area contributed by atoms with Crippen molar-refractivity contribution < 1.29 is 14.2 Å². The van der Waals surface area contributed by atoms with Gasteiger partial charge in [0.05, 0.1) is 19.8 Å². The molecule has 0 bridgehead atoms. The molecule has 0 radical (unpaired) electrons. The molecular formula is C8H12O3. The Balaban J connectivity index is 2.01. The predicted molar refractivity (Wildman–Crippen MR) is 39.7 cm³/mol. The van der Waals surface area contributed by atoms with Gasteiger partial charge in [-0.3, -0.25) is 0 Å². The molecule has 1 aliphatic heterocycles. The van der Waals surface area contributed by atoms with E-state index in [0.29, 0.717) is 26.2 Å². The molecule has 0 saturated carbocycles. The van der Waals surface area contributed by atoms with Crippen molar-refractivity contribution in [2.24, 2.45) is 0 Å². The third-order valence-electron chi connectivity index (χ3n) is 1.30. The van der Waals surface area contributed by atoms with E-state index in [9.17, 15) is 0 Å². The SMILES string of the molecule is C#CCCOC1OCCCO1. The van der Waals surface area contributed by atoms with Crippen LogP contribution in [0, 0.1) is 12.3 Å². The van der Waals surface area contributed by atoms with Gasteiger partial charge in [-0.05, 0) is 6.42 Å². The van der Waals surface area contributed by atoms with Crippen molar-refractivity contribution in [1.29, 1.82) is 0 Å². The molecule has 11 heavy (non-hydrogen) atoms. The fourth-order valence-electron chi connectivity index (χ4n) is 0.776. The largest absolute Gasteiger partial charge is 0.330 e. The average Bonchev–Trinajstić information content (AvgIpc) is 2.07. The van der Waals surface area contributed by atoms with Gasteiger partial charge in [0.1, 0.15) is 0 Å². The summed E-state index contributed by atoms with van der Waals surface area (Å²) in [7, 11) is 0. The summed E-state index contributed by atoms with van der Waals surface area (Å²) >= 11 is 0. The van der Waals surface area contributed by atoms with Gasteiger partial charge in [0.15, 0.2) is 0 Å². The van der Waals surface area contributed by atoms with Crippen LogP contribution in [0.4, 0.5) is 0 Å². The minimum Gasteiger partial charge on any atom is -0.330 e. The fourth-order valence-corrected chi connectivity index (χ4v) is 0.776. The summed E-state index contributed by atoms with van der Waals surface area (Å²) in [4.78, 5) is 0. The molecule has 3 nitrogen and oxygen atoms in total. The summed E-state index contributed by atoms with van der Waals surface area (Å²) in [6, 6.07) is 0. The van der Waals surface area contributed by atoms with E-state index >= 15 is 0 Å². The van der Waals surface area contributed by atoms with E-state index < -0.39 is 6.48 Å². The molecule has 1 saturated heterocycles. The number of rotatable bonds is 3. The Morgan fingerprint density at radius 3 is 2.82 bits per heavy atom. The lowest BCUT2D eigenvalue weighted by Crippen LogP contribution is -2.27. The summed E-state index contributed by atoms with van der Waals surface area (Å²) in [5.41, 5.74) is 0. The molecule has 0 amide bonds. The molecule has 1 aliphatic rings. The van der Waals surface area contributed by atoms with Crippen LogP contribution in [0.5, 0.6) is 0 Å². The van der Waals surface area contributed by atoms with Gasteiger partial charge in [-0.25, -0.2) is 0 Å². The molecule has 1 heterocycles. The second-order valence-corrected chi connectivity index (χ2v) is 2.21. The topological polar surface area (TPSA) is 27.7 Å². The Morgan fingerprint density at radius 2 is 2.18 bits per heavy atom. The first-order valence-electron chi connectivity index (χ1n) is 3.72. The molecule has 1 rings (SSSR count). The van der Waals surface area contributed by atoms with Crippen molar-refractivity contribution in [3.63, 3.8) is 0 Å². The molecule has 62 valence electrons. The summed E-state index contributed by atoms with van der Waals surface area (Å²) in [5, 5.41) is 0. The summed E-state index contributed by atoms with van der Waals surface area (Å²) in [6.07, 6.45) is 6.57. The molecule has 3 heteroatoms. The molecule has 0 atom stereocenters. The zero-order valence-electron chi connectivity index (χ0n) is 6.41. The maximum Gasteiger partial charge on any atom is 0.271 e. The van der Waals surface area contributed by atoms with Gasteiger partial charge in [0.2, 0.25) is 0 Å². The minimum atomic E-state index is -0.489. The van der Waals surface area contributed by atoms with Crippen LogP contribution in [0.2, 0.25) is 0 Å².